The van der Waals surface area contributed by atoms with Crippen LogP contribution in [0.4, 0.5) is 9.52 Å². The second-order valence-corrected chi connectivity index (χ2v) is 8.49. The van der Waals surface area contributed by atoms with Crippen LogP contribution in [0.25, 0.3) is 10.2 Å². The summed E-state index contributed by atoms with van der Waals surface area (Å²) in [5.41, 5.74) is 2.69. The monoisotopic (exact) mass is 422 g/mol. The van der Waals surface area contributed by atoms with E-state index in [0.29, 0.717) is 11.7 Å². The average Bonchev–Trinajstić information content (AvgIpc) is 3.17. The Balaban J connectivity index is 1.67. The van der Waals surface area contributed by atoms with Gasteiger partial charge in [-0.05, 0) is 47.7 Å². The first-order valence-corrected chi connectivity index (χ1v) is 11.2. The van der Waals surface area contributed by atoms with Gasteiger partial charge < -0.3 is 0 Å². The standard InChI is InChI=1S/C23H19FN2OS2/c1-28-19-11-12-20-21(14-19)29-23(25-20)26(15-17-5-3-2-4-6-17)22(27)13-16-7-9-18(24)10-8-16/h2-12,14H,13,15H2,1H3. The quantitative estimate of drug-likeness (QED) is 0.361. The van der Waals surface area contributed by atoms with Crippen LogP contribution in [0.3, 0.4) is 0 Å². The Morgan fingerprint density at radius 2 is 1.79 bits per heavy atom. The van der Waals surface area contributed by atoms with E-state index in [1.54, 1.807) is 28.8 Å². The Kier molecular flexibility index (Phi) is 5.92. The van der Waals surface area contributed by atoms with Crippen molar-refractivity contribution < 1.29 is 9.18 Å². The molecule has 0 radical (unpaired) electrons. The molecule has 0 aliphatic rings. The Labute approximate surface area is 177 Å². The molecular weight excluding hydrogens is 403 g/mol. The molecule has 0 aliphatic carbocycles. The van der Waals surface area contributed by atoms with Gasteiger partial charge >= 0.3 is 0 Å². The molecule has 1 heterocycles. The highest BCUT2D eigenvalue weighted by Crippen LogP contribution is 2.32. The number of thioether (sulfide) groups is 1. The van der Waals surface area contributed by atoms with E-state index in [1.165, 1.54) is 28.4 Å². The minimum atomic E-state index is -0.307. The smallest absolute Gasteiger partial charge is 0.233 e. The Morgan fingerprint density at radius 1 is 1.03 bits per heavy atom. The van der Waals surface area contributed by atoms with Crippen molar-refractivity contribution in [2.24, 2.45) is 0 Å². The fraction of sp³-hybridized carbons (Fsp3) is 0.130. The van der Waals surface area contributed by atoms with E-state index in [1.807, 2.05) is 48.7 Å². The summed E-state index contributed by atoms with van der Waals surface area (Å²) in [6, 6.07) is 22.1. The molecule has 3 aromatic carbocycles. The van der Waals surface area contributed by atoms with E-state index in [9.17, 15) is 9.18 Å². The molecule has 6 heteroatoms. The number of benzene rings is 3. The van der Waals surface area contributed by atoms with Crippen molar-refractivity contribution >= 4 is 44.4 Å². The molecule has 1 amide bonds. The summed E-state index contributed by atoms with van der Waals surface area (Å²) in [5.74, 6) is -0.372. The predicted molar refractivity (Wildman–Crippen MR) is 119 cm³/mol. The lowest BCUT2D eigenvalue weighted by Crippen LogP contribution is -2.31. The van der Waals surface area contributed by atoms with Gasteiger partial charge in [0.1, 0.15) is 5.82 Å². The summed E-state index contributed by atoms with van der Waals surface area (Å²) in [4.78, 5) is 20.8. The highest BCUT2D eigenvalue weighted by Gasteiger charge is 2.20. The van der Waals surface area contributed by atoms with Crippen molar-refractivity contribution in [3.63, 3.8) is 0 Å². The molecule has 4 rings (SSSR count). The molecule has 0 saturated heterocycles. The maximum absolute atomic E-state index is 13.2. The molecular formula is C23H19FN2OS2. The zero-order valence-electron chi connectivity index (χ0n) is 15.8. The van der Waals surface area contributed by atoms with Gasteiger partial charge in [-0.15, -0.1) is 11.8 Å². The van der Waals surface area contributed by atoms with E-state index in [2.05, 4.69) is 6.07 Å². The minimum absolute atomic E-state index is 0.0652. The molecule has 4 aromatic rings. The number of aromatic nitrogens is 1. The maximum Gasteiger partial charge on any atom is 0.233 e. The largest absolute Gasteiger partial charge is 0.283 e. The summed E-state index contributed by atoms with van der Waals surface area (Å²) in [6.45, 7) is 0.441. The van der Waals surface area contributed by atoms with E-state index in [4.69, 9.17) is 4.98 Å². The number of hydrogen-bond acceptors (Lipinski definition) is 4. The Hall–Kier alpha value is -2.70. The molecule has 0 unspecified atom stereocenters. The molecule has 0 spiro atoms. The third kappa shape index (κ3) is 4.66. The third-order valence-electron chi connectivity index (χ3n) is 4.57. The maximum atomic E-state index is 13.2. The average molecular weight is 423 g/mol. The molecule has 29 heavy (non-hydrogen) atoms. The number of carbonyl (C=O) groups excluding carboxylic acids is 1. The summed E-state index contributed by atoms with van der Waals surface area (Å²) in [7, 11) is 0. The van der Waals surface area contributed by atoms with Gasteiger partial charge in [0.05, 0.1) is 23.2 Å². The molecule has 146 valence electrons. The first-order chi connectivity index (χ1) is 14.1. The lowest BCUT2D eigenvalue weighted by Gasteiger charge is -2.20. The van der Waals surface area contributed by atoms with Crippen LogP contribution in [-0.4, -0.2) is 17.1 Å². The van der Waals surface area contributed by atoms with Crippen LogP contribution in [0.2, 0.25) is 0 Å². The second-order valence-electron chi connectivity index (χ2n) is 6.60. The van der Waals surface area contributed by atoms with Crippen LogP contribution >= 0.6 is 23.1 Å². The fourth-order valence-corrected chi connectivity index (χ4v) is 4.57. The number of carbonyl (C=O) groups is 1. The van der Waals surface area contributed by atoms with Crippen molar-refractivity contribution in [3.8, 4) is 0 Å². The number of fused-ring (bicyclic) bond motifs is 1. The minimum Gasteiger partial charge on any atom is -0.283 e. The van der Waals surface area contributed by atoms with Crippen LogP contribution in [0, 0.1) is 5.82 Å². The second kappa shape index (κ2) is 8.76. The topological polar surface area (TPSA) is 33.2 Å². The third-order valence-corrected chi connectivity index (χ3v) is 6.33. The summed E-state index contributed by atoms with van der Waals surface area (Å²) >= 11 is 3.20. The van der Waals surface area contributed by atoms with Gasteiger partial charge in [0, 0.05) is 4.90 Å². The van der Waals surface area contributed by atoms with Crippen molar-refractivity contribution in [1.29, 1.82) is 0 Å². The SMILES string of the molecule is CSc1ccc2nc(N(Cc3ccccc3)C(=O)Cc3ccc(F)cc3)sc2c1. The summed E-state index contributed by atoms with van der Waals surface area (Å²) < 4.78 is 14.3. The highest BCUT2D eigenvalue weighted by molar-refractivity contribution is 7.98. The molecule has 1 aromatic heterocycles. The van der Waals surface area contributed by atoms with Crippen molar-refractivity contribution in [1.82, 2.24) is 4.98 Å². The number of thiazole rings is 1. The number of halogens is 1. The van der Waals surface area contributed by atoms with Crippen LogP contribution in [0.5, 0.6) is 0 Å². The fourth-order valence-electron chi connectivity index (χ4n) is 3.04. The van der Waals surface area contributed by atoms with Gasteiger partial charge in [-0.1, -0.05) is 53.8 Å². The number of rotatable bonds is 6. The summed E-state index contributed by atoms with van der Waals surface area (Å²) in [5, 5.41) is 0.675. The molecule has 3 nitrogen and oxygen atoms in total. The van der Waals surface area contributed by atoms with Gasteiger partial charge in [0.15, 0.2) is 5.13 Å². The van der Waals surface area contributed by atoms with Crippen LogP contribution in [-0.2, 0) is 17.8 Å². The first kappa shape index (κ1) is 19.6. The normalized spacial score (nSPS) is 11.0. The molecule has 0 atom stereocenters. The highest BCUT2D eigenvalue weighted by atomic mass is 32.2. The van der Waals surface area contributed by atoms with Gasteiger partial charge in [-0.25, -0.2) is 9.37 Å². The lowest BCUT2D eigenvalue weighted by atomic mass is 10.1. The van der Waals surface area contributed by atoms with Crippen molar-refractivity contribution in [2.45, 2.75) is 17.9 Å². The summed E-state index contributed by atoms with van der Waals surface area (Å²) in [6.07, 6.45) is 2.23. The van der Waals surface area contributed by atoms with Gasteiger partial charge in [0.2, 0.25) is 5.91 Å². The predicted octanol–water partition coefficient (Wildman–Crippen LogP) is 5.93. The first-order valence-electron chi connectivity index (χ1n) is 9.16. The number of nitrogens with zero attached hydrogens (tertiary/aromatic N) is 2. The zero-order valence-corrected chi connectivity index (χ0v) is 17.5. The van der Waals surface area contributed by atoms with Crippen molar-refractivity contribution in [2.75, 3.05) is 11.2 Å². The van der Waals surface area contributed by atoms with E-state index in [-0.39, 0.29) is 18.1 Å². The molecule has 0 aliphatic heterocycles. The zero-order chi connectivity index (χ0) is 20.2. The van der Waals surface area contributed by atoms with Gasteiger partial charge in [-0.2, -0.15) is 0 Å². The van der Waals surface area contributed by atoms with Gasteiger partial charge in [-0.3, -0.25) is 9.69 Å². The number of hydrogen-bond donors (Lipinski definition) is 0. The van der Waals surface area contributed by atoms with Crippen LogP contribution < -0.4 is 4.90 Å². The number of amides is 1. The molecule has 0 fully saturated rings. The Morgan fingerprint density at radius 3 is 2.52 bits per heavy atom. The molecule has 0 saturated carbocycles. The van der Waals surface area contributed by atoms with Crippen LogP contribution in [0.15, 0.2) is 77.7 Å². The lowest BCUT2D eigenvalue weighted by molar-refractivity contribution is -0.118. The van der Waals surface area contributed by atoms with E-state index in [0.717, 1.165) is 21.3 Å². The van der Waals surface area contributed by atoms with Crippen molar-refractivity contribution in [3.05, 3.63) is 89.7 Å². The van der Waals surface area contributed by atoms with Gasteiger partial charge in [0.25, 0.3) is 0 Å². The molecule has 0 N–H and O–H groups in total. The van der Waals surface area contributed by atoms with E-state index >= 15 is 0 Å². The van der Waals surface area contributed by atoms with E-state index < -0.39 is 0 Å². The number of anilines is 1. The van der Waals surface area contributed by atoms with Crippen LogP contribution in [0.1, 0.15) is 11.1 Å². The molecule has 0 bridgehead atoms. The Bertz CT molecular complexity index is 1130.